The first-order chi connectivity index (χ1) is 17.8. The summed E-state index contributed by atoms with van der Waals surface area (Å²) in [6, 6.07) is 11.3. The number of rotatable bonds is 4. The summed E-state index contributed by atoms with van der Waals surface area (Å²) in [6.07, 6.45) is 5.21. The van der Waals surface area contributed by atoms with Crippen LogP contribution in [-0.4, -0.2) is 61.5 Å². The molecule has 37 heavy (non-hydrogen) atoms. The maximum atomic E-state index is 13.2. The quantitative estimate of drug-likeness (QED) is 0.587. The summed E-state index contributed by atoms with van der Waals surface area (Å²) in [5, 5.41) is 3.01. The third kappa shape index (κ3) is 4.78. The highest BCUT2D eigenvalue weighted by atomic mass is 16.2. The second-order valence-electron chi connectivity index (χ2n) is 9.60. The van der Waals surface area contributed by atoms with E-state index < -0.39 is 11.2 Å². The Labute approximate surface area is 214 Å². The number of likely N-dealkylation sites (tertiary alicyclic amines) is 1. The molecule has 192 valence electrons. The largest absolute Gasteiger partial charge is 0.341 e. The van der Waals surface area contributed by atoms with E-state index in [1.54, 1.807) is 30.2 Å². The van der Waals surface area contributed by atoms with Crippen LogP contribution >= 0.6 is 0 Å². The smallest absolute Gasteiger partial charge is 0.331 e. The molecule has 3 aromatic rings. The molecule has 0 radical (unpaired) electrons. The third-order valence-corrected chi connectivity index (χ3v) is 7.36. The highest BCUT2D eigenvalue weighted by molar-refractivity contribution is 5.91. The van der Waals surface area contributed by atoms with Gasteiger partial charge in [-0.3, -0.25) is 23.7 Å². The van der Waals surface area contributed by atoms with Gasteiger partial charge in [-0.05, 0) is 43.9 Å². The number of aromatic nitrogens is 3. The normalized spacial score (nSPS) is 16.2. The van der Waals surface area contributed by atoms with Crippen LogP contribution in [0.25, 0.3) is 11.1 Å². The minimum absolute atomic E-state index is 0.0405. The van der Waals surface area contributed by atoms with Crippen LogP contribution < -0.4 is 16.6 Å². The molecule has 0 unspecified atom stereocenters. The SMILES string of the molecule is Cc1ncccc1-c1cn(CC(=O)N2CCC(N3CCc4ccccc4NC3=O)CC2)c(=O)n(C)c1=O. The number of nitrogens with zero attached hydrogens (tertiary/aromatic N) is 5. The zero-order valence-electron chi connectivity index (χ0n) is 21.0. The molecule has 0 saturated carbocycles. The molecule has 1 saturated heterocycles. The number of hydrogen-bond donors (Lipinski definition) is 1. The Morgan fingerprint density at radius 2 is 1.78 bits per heavy atom. The summed E-state index contributed by atoms with van der Waals surface area (Å²) < 4.78 is 2.31. The van der Waals surface area contributed by atoms with Gasteiger partial charge in [0.25, 0.3) is 5.56 Å². The Morgan fingerprint density at radius 1 is 1.03 bits per heavy atom. The standard InChI is InChI=1S/C27H30N6O4/c1-18-21(7-5-12-28-18)22-16-32(27(37)30(2)25(22)35)17-24(34)31-13-10-20(11-14-31)33-15-9-19-6-3-4-8-23(19)29-26(33)36/h3-8,12,16,20H,9-11,13-15,17H2,1-2H3,(H,29,36). The van der Waals surface area contributed by atoms with Crippen molar-refractivity contribution in [3.63, 3.8) is 0 Å². The molecule has 0 spiro atoms. The molecule has 0 bridgehead atoms. The van der Waals surface area contributed by atoms with Gasteiger partial charge in [-0.1, -0.05) is 24.3 Å². The number of pyridine rings is 1. The molecule has 3 amide bonds. The first-order valence-electron chi connectivity index (χ1n) is 12.5. The Morgan fingerprint density at radius 3 is 2.54 bits per heavy atom. The van der Waals surface area contributed by atoms with Gasteiger partial charge in [0, 0.05) is 62.1 Å². The number of nitrogens with one attached hydrogen (secondary N) is 1. The van der Waals surface area contributed by atoms with Crippen molar-refractivity contribution >= 4 is 17.6 Å². The molecule has 1 aromatic carbocycles. The fraction of sp³-hybridized carbons (Fsp3) is 0.370. The highest BCUT2D eigenvalue weighted by Gasteiger charge is 2.31. The number of amides is 3. The highest BCUT2D eigenvalue weighted by Crippen LogP contribution is 2.24. The van der Waals surface area contributed by atoms with E-state index in [1.165, 1.54) is 17.8 Å². The maximum absolute atomic E-state index is 13.2. The van der Waals surface area contributed by atoms with E-state index in [4.69, 9.17) is 0 Å². The number of carbonyl (C=O) groups is 2. The molecule has 2 aromatic heterocycles. The van der Waals surface area contributed by atoms with E-state index in [-0.39, 0.29) is 24.5 Å². The Kier molecular flexibility index (Phi) is 6.64. The fourth-order valence-corrected chi connectivity index (χ4v) is 5.20. The minimum Gasteiger partial charge on any atom is -0.341 e. The van der Waals surface area contributed by atoms with Crippen LogP contribution in [0.1, 0.15) is 24.1 Å². The number of anilines is 1. The predicted molar refractivity (Wildman–Crippen MR) is 139 cm³/mol. The summed E-state index contributed by atoms with van der Waals surface area (Å²) >= 11 is 0. The van der Waals surface area contributed by atoms with Gasteiger partial charge in [0.1, 0.15) is 6.54 Å². The summed E-state index contributed by atoms with van der Waals surface area (Å²) in [6.45, 7) is 3.25. The Hall–Kier alpha value is -4.21. The lowest BCUT2D eigenvalue weighted by molar-refractivity contribution is -0.133. The van der Waals surface area contributed by atoms with Gasteiger partial charge in [-0.15, -0.1) is 0 Å². The second kappa shape index (κ2) is 10.0. The van der Waals surface area contributed by atoms with Crippen LogP contribution in [0.15, 0.2) is 58.4 Å². The average Bonchev–Trinajstić information content (AvgIpc) is 3.07. The molecule has 2 aliphatic heterocycles. The molecule has 10 nitrogen and oxygen atoms in total. The van der Waals surface area contributed by atoms with Crippen molar-refractivity contribution in [3.8, 4) is 11.1 Å². The van der Waals surface area contributed by atoms with Crippen LogP contribution in [-0.2, 0) is 24.8 Å². The van der Waals surface area contributed by atoms with Crippen LogP contribution in [0.5, 0.6) is 0 Å². The van der Waals surface area contributed by atoms with E-state index in [0.29, 0.717) is 49.3 Å². The van der Waals surface area contributed by atoms with Crippen molar-refractivity contribution < 1.29 is 9.59 Å². The van der Waals surface area contributed by atoms with E-state index >= 15 is 0 Å². The van der Waals surface area contributed by atoms with Crippen LogP contribution in [0.3, 0.4) is 0 Å². The zero-order chi connectivity index (χ0) is 26.1. The summed E-state index contributed by atoms with van der Waals surface area (Å²) in [7, 11) is 1.41. The Bertz CT molecular complexity index is 1470. The molecule has 5 rings (SSSR count). The van der Waals surface area contributed by atoms with Gasteiger partial charge < -0.3 is 15.1 Å². The molecule has 10 heteroatoms. The van der Waals surface area contributed by atoms with Crippen LogP contribution in [0.4, 0.5) is 10.5 Å². The molecule has 1 fully saturated rings. The second-order valence-corrected chi connectivity index (χ2v) is 9.60. The molecule has 4 heterocycles. The number of hydrogen-bond acceptors (Lipinski definition) is 5. The maximum Gasteiger partial charge on any atom is 0.331 e. The number of para-hydroxylation sites is 1. The van der Waals surface area contributed by atoms with E-state index in [1.807, 2.05) is 29.2 Å². The average molecular weight is 503 g/mol. The number of aryl methyl sites for hydroxylation is 1. The van der Waals surface area contributed by atoms with Crippen molar-refractivity contribution in [1.29, 1.82) is 0 Å². The van der Waals surface area contributed by atoms with Crippen molar-refractivity contribution in [2.75, 3.05) is 25.0 Å². The molecule has 2 aliphatic rings. The number of benzene rings is 1. The number of carbonyl (C=O) groups excluding carboxylic acids is 2. The molecule has 0 atom stereocenters. The predicted octanol–water partition coefficient (Wildman–Crippen LogP) is 2.00. The van der Waals surface area contributed by atoms with E-state index in [9.17, 15) is 19.2 Å². The first-order valence-corrected chi connectivity index (χ1v) is 12.5. The number of fused-ring (bicyclic) bond motifs is 1. The van der Waals surface area contributed by atoms with Crippen molar-refractivity contribution in [1.82, 2.24) is 23.9 Å². The van der Waals surface area contributed by atoms with Crippen LogP contribution in [0.2, 0.25) is 0 Å². The summed E-state index contributed by atoms with van der Waals surface area (Å²) in [5.41, 5.74) is 2.62. The van der Waals surface area contributed by atoms with Gasteiger partial charge in [-0.25, -0.2) is 9.59 Å². The first kappa shape index (κ1) is 24.5. The summed E-state index contributed by atoms with van der Waals surface area (Å²) in [4.78, 5) is 59.4. The van der Waals surface area contributed by atoms with Crippen molar-refractivity contribution in [2.45, 2.75) is 38.8 Å². The lowest BCUT2D eigenvalue weighted by Gasteiger charge is -2.38. The number of piperidine rings is 1. The molecular weight excluding hydrogens is 472 g/mol. The monoisotopic (exact) mass is 502 g/mol. The fourth-order valence-electron chi connectivity index (χ4n) is 5.20. The molecular formula is C27H30N6O4. The topological polar surface area (TPSA) is 110 Å². The Balaban J connectivity index is 1.27. The van der Waals surface area contributed by atoms with Gasteiger partial charge in [-0.2, -0.15) is 0 Å². The molecule has 1 N–H and O–H groups in total. The van der Waals surface area contributed by atoms with Crippen molar-refractivity contribution in [3.05, 3.63) is 80.9 Å². The third-order valence-electron chi connectivity index (χ3n) is 7.36. The lowest BCUT2D eigenvalue weighted by atomic mass is 10.0. The van der Waals surface area contributed by atoms with E-state index in [0.717, 1.165) is 22.2 Å². The summed E-state index contributed by atoms with van der Waals surface area (Å²) in [5.74, 6) is -0.194. The van der Waals surface area contributed by atoms with E-state index in [2.05, 4.69) is 10.3 Å². The van der Waals surface area contributed by atoms with Gasteiger partial charge in [0.2, 0.25) is 5.91 Å². The lowest BCUT2D eigenvalue weighted by Crippen LogP contribution is -2.51. The van der Waals surface area contributed by atoms with Gasteiger partial charge in [0.05, 0.1) is 5.56 Å². The van der Waals surface area contributed by atoms with Crippen LogP contribution in [0, 0.1) is 6.92 Å². The molecule has 0 aliphatic carbocycles. The zero-order valence-corrected chi connectivity index (χ0v) is 21.0. The number of urea groups is 1. The van der Waals surface area contributed by atoms with Gasteiger partial charge in [0.15, 0.2) is 0 Å². The van der Waals surface area contributed by atoms with Gasteiger partial charge >= 0.3 is 11.7 Å². The van der Waals surface area contributed by atoms with Crippen molar-refractivity contribution in [2.24, 2.45) is 7.05 Å². The minimum atomic E-state index is -0.542.